The molecule has 0 aliphatic carbocycles. The maximum Gasteiger partial charge on any atom is 0.340 e. The van der Waals surface area contributed by atoms with E-state index in [0.29, 0.717) is 12.1 Å². The molecule has 126 valence electrons. The summed E-state index contributed by atoms with van der Waals surface area (Å²) in [5, 5.41) is 2.73. The maximum absolute atomic E-state index is 11.8. The number of aryl methyl sites for hydroxylation is 2. The molecule has 1 aromatic carbocycles. The van der Waals surface area contributed by atoms with Gasteiger partial charge in [0.1, 0.15) is 0 Å². The van der Waals surface area contributed by atoms with E-state index in [1.54, 1.807) is 23.9 Å². The van der Waals surface area contributed by atoms with Gasteiger partial charge in [-0.3, -0.25) is 9.78 Å². The molecular formula is C18H20N2O3S. The minimum atomic E-state index is -0.549. The summed E-state index contributed by atoms with van der Waals surface area (Å²) >= 11 is 1.66. The van der Waals surface area contributed by atoms with Crippen molar-refractivity contribution in [3.8, 4) is 0 Å². The molecule has 0 aliphatic rings. The summed E-state index contributed by atoms with van der Waals surface area (Å²) in [7, 11) is 0. The number of pyridine rings is 1. The van der Waals surface area contributed by atoms with Crippen molar-refractivity contribution >= 4 is 23.6 Å². The fourth-order valence-electron chi connectivity index (χ4n) is 1.85. The molecule has 0 unspecified atom stereocenters. The lowest BCUT2D eigenvalue weighted by Gasteiger charge is -2.07. The van der Waals surface area contributed by atoms with E-state index in [1.807, 2.05) is 13.8 Å². The second-order valence-electron chi connectivity index (χ2n) is 5.28. The average Bonchev–Trinajstić information content (AvgIpc) is 2.59. The van der Waals surface area contributed by atoms with Crippen LogP contribution in [0.1, 0.15) is 21.6 Å². The molecule has 1 aromatic heterocycles. The quantitative estimate of drug-likeness (QED) is 0.475. The third-order valence-corrected chi connectivity index (χ3v) is 4.21. The number of nitrogens with zero attached hydrogens (tertiary/aromatic N) is 1. The maximum atomic E-state index is 11.8. The van der Waals surface area contributed by atoms with Gasteiger partial charge in [-0.25, -0.2) is 4.79 Å². The predicted octanol–water partition coefficient (Wildman–Crippen LogP) is 2.76. The summed E-state index contributed by atoms with van der Waals surface area (Å²) in [6, 6.07) is 11.6. The topological polar surface area (TPSA) is 68.3 Å². The summed E-state index contributed by atoms with van der Waals surface area (Å²) in [5.41, 5.74) is 2.37. The number of aromatic nitrogens is 1. The molecule has 24 heavy (non-hydrogen) atoms. The summed E-state index contributed by atoms with van der Waals surface area (Å²) < 4.78 is 4.96. The average molecular weight is 344 g/mol. The lowest BCUT2D eigenvalue weighted by atomic mass is 10.2. The number of esters is 1. The Hall–Kier alpha value is -2.34. The van der Waals surface area contributed by atoms with E-state index >= 15 is 0 Å². The molecular weight excluding hydrogens is 324 g/mol. The fraction of sp³-hybridized carbons (Fsp3) is 0.278. The van der Waals surface area contributed by atoms with Gasteiger partial charge in [-0.2, -0.15) is 0 Å². The Balaban J connectivity index is 1.63. The molecule has 0 saturated carbocycles. The SMILES string of the molecule is Cc1ccc(SCCNC(=O)COC(=O)c2ccc(C)nc2)cc1. The first-order valence-corrected chi connectivity index (χ1v) is 8.59. The second-order valence-corrected chi connectivity index (χ2v) is 6.44. The molecule has 0 bridgehead atoms. The van der Waals surface area contributed by atoms with Gasteiger partial charge in [0, 0.05) is 29.1 Å². The van der Waals surface area contributed by atoms with Gasteiger partial charge < -0.3 is 10.1 Å². The van der Waals surface area contributed by atoms with Gasteiger partial charge in [0.25, 0.3) is 5.91 Å². The Morgan fingerprint density at radius 1 is 1.12 bits per heavy atom. The van der Waals surface area contributed by atoms with Gasteiger partial charge in [-0.05, 0) is 38.1 Å². The van der Waals surface area contributed by atoms with E-state index in [4.69, 9.17) is 4.74 Å². The highest BCUT2D eigenvalue weighted by molar-refractivity contribution is 7.99. The molecule has 1 N–H and O–H groups in total. The smallest absolute Gasteiger partial charge is 0.340 e. The molecule has 1 amide bonds. The lowest BCUT2D eigenvalue weighted by molar-refractivity contribution is -0.124. The Kier molecular flexibility index (Phi) is 6.81. The molecule has 1 heterocycles. The van der Waals surface area contributed by atoms with Crippen molar-refractivity contribution < 1.29 is 14.3 Å². The number of nitrogens with one attached hydrogen (secondary N) is 1. The van der Waals surface area contributed by atoms with E-state index in [0.717, 1.165) is 16.3 Å². The van der Waals surface area contributed by atoms with Crippen LogP contribution in [0, 0.1) is 13.8 Å². The molecule has 0 atom stereocenters. The zero-order valence-corrected chi connectivity index (χ0v) is 14.6. The van der Waals surface area contributed by atoms with Gasteiger partial charge in [-0.15, -0.1) is 11.8 Å². The van der Waals surface area contributed by atoms with Crippen molar-refractivity contribution in [2.45, 2.75) is 18.7 Å². The monoisotopic (exact) mass is 344 g/mol. The Labute approximate surface area is 145 Å². The third-order valence-electron chi connectivity index (χ3n) is 3.20. The van der Waals surface area contributed by atoms with Crippen LogP contribution in [0.4, 0.5) is 0 Å². The van der Waals surface area contributed by atoms with Crippen molar-refractivity contribution in [3.05, 3.63) is 59.4 Å². The number of benzene rings is 1. The van der Waals surface area contributed by atoms with Crippen LogP contribution in [0.3, 0.4) is 0 Å². The number of amides is 1. The van der Waals surface area contributed by atoms with Crippen molar-refractivity contribution in [2.24, 2.45) is 0 Å². The summed E-state index contributed by atoms with van der Waals surface area (Å²) in [4.78, 5) is 28.6. The summed E-state index contributed by atoms with van der Waals surface area (Å²) in [5.74, 6) is -0.107. The number of carbonyl (C=O) groups excluding carboxylic acids is 2. The Bertz CT molecular complexity index is 684. The van der Waals surface area contributed by atoms with Crippen LogP contribution in [0.25, 0.3) is 0 Å². The van der Waals surface area contributed by atoms with E-state index in [-0.39, 0.29) is 12.5 Å². The molecule has 2 rings (SSSR count). The van der Waals surface area contributed by atoms with E-state index in [2.05, 4.69) is 34.6 Å². The third kappa shape index (κ3) is 6.04. The number of hydrogen-bond donors (Lipinski definition) is 1. The van der Waals surface area contributed by atoms with E-state index in [9.17, 15) is 9.59 Å². The fourth-order valence-corrected chi connectivity index (χ4v) is 2.62. The van der Waals surface area contributed by atoms with Crippen LogP contribution in [0.5, 0.6) is 0 Å². The van der Waals surface area contributed by atoms with Gasteiger partial charge >= 0.3 is 5.97 Å². The second kappa shape index (κ2) is 9.08. The van der Waals surface area contributed by atoms with E-state index < -0.39 is 5.97 Å². The zero-order valence-electron chi connectivity index (χ0n) is 13.7. The van der Waals surface area contributed by atoms with Crippen LogP contribution >= 0.6 is 11.8 Å². The van der Waals surface area contributed by atoms with Gasteiger partial charge in [0.15, 0.2) is 6.61 Å². The number of rotatable bonds is 7. The number of thioether (sulfide) groups is 1. The molecule has 0 aliphatic heterocycles. The first kappa shape index (κ1) is 18.0. The minimum Gasteiger partial charge on any atom is -0.452 e. The number of ether oxygens (including phenoxy) is 1. The minimum absolute atomic E-state index is 0.290. The van der Waals surface area contributed by atoms with E-state index in [1.165, 1.54) is 11.8 Å². The van der Waals surface area contributed by atoms with Crippen LogP contribution in [-0.4, -0.2) is 35.8 Å². The molecule has 0 saturated heterocycles. The zero-order chi connectivity index (χ0) is 17.4. The Morgan fingerprint density at radius 3 is 2.54 bits per heavy atom. The van der Waals surface area contributed by atoms with Gasteiger partial charge in [0.05, 0.1) is 5.56 Å². The largest absolute Gasteiger partial charge is 0.452 e. The molecule has 2 aromatic rings. The number of carbonyl (C=O) groups is 2. The van der Waals surface area contributed by atoms with Crippen molar-refractivity contribution in [1.29, 1.82) is 0 Å². The summed E-state index contributed by atoms with van der Waals surface area (Å²) in [6.45, 7) is 4.10. The molecule has 6 heteroatoms. The van der Waals surface area contributed by atoms with Crippen molar-refractivity contribution in [2.75, 3.05) is 18.9 Å². The molecule has 5 nitrogen and oxygen atoms in total. The van der Waals surface area contributed by atoms with Crippen LogP contribution in [-0.2, 0) is 9.53 Å². The molecule has 0 fully saturated rings. The van der Waals surface area contributed by atoms with Crippen LogP contribution < -0.4 is 5.32 Å². The number of hydrogen-bond acceptors (Lipinski definition) is 5. The van der Waals surface area contributed by atoms with Crippen LogP contribution in [0.15, 0.2) is 47.5 Å². The first-order chi connectivity index (χ1) is 11.5. The van der Waals surface area contributed by atoms with Crippen molar-refractivity contribution in [1.82, 2.24) is 10.3 Å². The summed E-state index contributed by atoms with van der Waals surface area (Å²) in [6.07, 6.45) is 1.44. The van der Waals surface area contributed by atoms with Gasteiger partial charge in [0.2, 0.25) is 0 Å². The van der Waals surface area contributed by atoms with Crippen LogP contribution in [0.2, 0.25) is 0 Å². The lowest BCUT2D eigenvalue weighted by Crippen LogP contribution is -2.30. The normalized spacial score (nSPS) is 10.2. The molecule has 0 spiro atoms. The standard InChI is InChI=1S/C18H20N2O3S/c1-13-3-7-16(8-4-13)24-10-9-19-17(21)12-23-18(22)15-6-5-14(2)20-11-15/h3-8,11H,9-10,12H2,1-2H3,(H,19,21). The highest BCUT2D eigenvalue weighted by atomic mass is 32.2. The Morgan fingerprint density at radius 2 is 1.88 bits per heavy atom. The molecule has 0 radical (unpaired) electrons. The first-order valence-electron chi connectivity index (χ1n) is 7.60. The highest BCUT2D eigenvalue weighted by Gasteiger charge is 2.10. The van der Waals surface area contributed by atoms with Gasteiger partial charge in [-0.1, -0.05) is 17.7 Å². The highest BCUT2D eigenvalue weighted by Crippen LogP contribution is 2.17. The predicted molar refractivity (Wildman–Crippen MR) is 94.2 cm³/mol. The van der Waals surface area contributed by atoms with Crippen molar-refractivity contribution in [3.63, 3.8) is 0 Å².